The minimum absolute atomic E-state index is 0.0649. The molecule has 0 aliphatic heterocycles. The number of nitro groups is 3. The van der Waals surface area contributed by atoms with Crippen LogP contribution in [-0.4, -0.2) is 92.6 Å². The Labute approximate surface area is 440 Å². The monoisotopic (exact) mass is 1190 g/mol. The quantitative estimate of drug-likeness (QED) is 0.0397. The Morgan fingerprint density at radius 1 is 0.633 bits per heavy atom. The number of hydrogen-bond acceptors (Lipinski definition) is 16. The van der Waals surface area contributed by atoms with Crippen molar-refractivity contribution in [3.05, 3.63) is 161 Å². The molecule has 0 atom stereocenters. The van der Waals surface area contributed by atoms with Gasteiger partial charge in [0.2, 0.25) is 5.78 Å². The number of nitro benzene ring substituents is 3. The van der Waals surface area contributed by atoms with Crippen LogP contribution < -0.4 is 5.73 Å². The number of carboxylic acids is 1. The molecule has 0 aliphatic carbocycles. The average Bonchev–Trinajstić information content (AvgIpc) is 4.13. The Balaban J connectivity index is 0.000000234. The molecule has 79 heavy (non-hydrogen) atoms. The first-order valence-corrected chi connectivity index (χ1v) is 22.8. The van der Waals surface area contributed by atoms with E-state index in [0.717, 1.165) is 34.3 Å². The van der Waals surface area contributed by atoms with Crippen LogP contribution in [0, 0.1) is 58.0 Å². The summed E-state index contributed by atoms with van der Waals surface area (Å²) in [5, 5.41) is 49.0. The molecule has 0 saturated carbocycles. The molecule has 416 valence electrons. The first-order valence-electron chi connectivity index (χ1n) is 21.4. The molecule has 0 unspecified atom stereocenters. The third kappa shape index (κ3) is 16.2. The van der Waals surface area contributed by atoms with Gasteiger partial charge in [-0.15, -0.1) is 0 Å². The van der Waals surface area contributed by atoms with Crippen molar-refractivity contribution in [2.24, 2.45) is 0 Å². The van der Waals surface area contributed by atoms with E-state index in [1.54, 1.807) is 38.2 Å². The second kappa shape index (κ2) is 25.1. The van der Waals surface area contributed by atoms with E-state index in [-0.39, 0.29) is 45.4 Å². The van der Waals surface area contributed by atoms with Crippen molar-refractivity contribution >= 4 is 66.4 Å². The van der Waals surface area contributed by atoms with E-state index in [1.165, 1.54) is 61.5 Å². The fourth-order valence-electron chi connectivity index (χ4n) is 6.91. The van der Waals surface area contributed by atoms with Gasteiger partial charge < -0.3 is 15.8 Å². The van der Waals surface area contributed by atoms with Gasteiger partial charge in [0.25, 0.3) is 17.1 Å². The molecule has 0 radical (unpaired) electrons. The van der Waals surface area contributed by atoms with Gasteiger partial charge in [0.15, 0.2) is 22.7 Å². The molecule has 0 fully saturated rings. The molecular weight excluding hydrogens is 1150 g/mol. The van der Waals surface area contributed by atoms with Gasteiger partial charge in [-0.2, -0.15) is 49.7 Å². The van der Waals surface area contributed by atoms with Crippen molar-refractivity contribution in [1.29, 1.82) is 0 Å². The van der Waals surface area contributed by atoms with E-state index in [1.807, 2.05) is 6.92 Å². The summed E-state index contributed by atoms with van der Waals surface area (Å²) in [4.78, 5) is 72.3. The molecule has 3 aromatic carbocycles. The van der Waals surface area contributed by atoms with Crippen LogP contribution >= 0.6 is 0 Å². The fourth-order valence-corrected chi connectivity index (χ4v) is 6.91. The number of nitrogens with two attached hydrogens (primary N) is 1. The molecule has 23 nitrogen and oxygen atoms in total. The predicted molar refractivity (Wildman–Crippen MR) is 257 cm³/mol. The number of carbonyl (C=O) groups excluding carboxylic acids is 2. The zero-order valence-corrected chi connectivity index (χ0v) is 42.4. The number of aromatic nitrogens is 7. The predicted octanol–water partition coefficient (Wildman–Crippen LogP) is 10.2. The van der Waals surface area contributed by atoms with Crippen LogP contribution in [0.4, 0.5) is 62.3 Å². The Kier molecular flexibility index (Phi) is 19.7. The number of carboxylic acid groups (broad SMARTS) is 1. The van der Waals surface area contributed by atoms with Gasteiger partial charge in [0.1, 0.15) is 11.5 Å². The molecular formula is C46H36F9N11O12Se. The van der Waals surface area contributed by atoms with Crippen LogP contribution in [0.2, 0.25) is 0 Å². The number of carbonyl (C=O) groups is 3. The maximum atomic E-state index is 13.2. The van der Waals surface area contributed by atoms with Crippen molar-refractivity contribution in [2.75, 3.05) is 5.73 Å². The van der Waals surface area contributed by atoms with E-state index >= 15 is 0 Å². The molecule has 5 heterocycles. The molecule has 5 aromatic heterocycles. The standard InChI is InChI=1S/C15H9F3N4O4.C15H11F3N4O2.C11H11N3O2.C5H5F3O2.O2Se/c1-7-4-8(22(25)26)2-3-9(7)10-6-13-19-11(14(23)24)5-12(15(16,17)18)21(13)20-10;1-8-5-10(22(23)24)3-4-11(8)12-7-14-19-9(2)6-13(15(16,17)18)21(14)20-12;1-7-4-9(14(15)16)2-3-10(7)11-5-8(12)6-13-11;1-3(9)2-4(10)5(6,7)8;1-3-2/h2-6H,1H3,(H,23,24);3-7H,1-2H3;2-6,13H,12H2,1H3;2H2,1H3;. The number of alkyl halides is 9. The Morgan fingerprint density at radius 3 is 1.34 bits per heavy atom. The molecule has 0 saturated heterocycles. The third-order valence-electron chi connectivity index (χ3n) is 10.3. The van der Waals surface area contributed by atoms with Crippen LogP contribution in [0.25, 0.3) is 45.1 Å². The number of hydrogen-bond donors (Lipinski definition) is 3. The van der Waals surface area contributed by atoms with E-state index in [0.29, 0.717) is 38.5 Å². The normalized spacial score (nSPS) is 11.1. The zero-order chi connectivity index (χ0) is 59.6. The van der Waals surface area contributed by atoms with E-state index in [4.69, 9.17) is 18.5 Å². The summed E-state index contributed by atoms with van der Waals surface area (Å²) in [5.41, 5.74) is 7.92. The molecule has 0 bridgehead atoms. The van der Waals surface area contributed by atoms with Gasteiger partial charge in [-0.1, -0.05) is 0 Å². The van der Waals surface area contributed by atoms with Crippen molar-refractivity contribution < 1.29 is 81.4 Å². The molecule has 0 aliphatic rings. The van der Waals surface area contributed by atoms with Gasteiger partial charge in [0, 0.05) is 94.6 Å². The molecule has 33 heteroatoms. The number of Topliss-reactive ketones (excluding diaryl/α,β-unsaturated/α-hetero) is 2. The fraction of sp³-hybridized carbons (Fsp3) is 0.196. The van der Waals surface area contributed by atoms with Crippen molar-refractivity contribution in [3.63, 3.8) is 0 Å². The number of benzene rings is 3. The number of nitrogen functional groups attached to an aromatic ring is 1. The van der Waals surface area contributed by atoms with E-state index in [9.17, 15) is 84.2 Å². The van der Waals surface area contributed by atoms with Crippen LogP contribution in [0.3, 0.4) is 0 Å². The van der Waals surface area contributed by atoms with Gasteiger partial charge in [0.05, 0.1) is 32.6 Å². The van der Waals surface area contributed by atoms with Gasteiger partial charge in [-0.3, -0.25) is 39.9 Å². The third-order valence-corrected chi connectivity index (χ3v) is 10.3. The number of aromatic amines is 1. The number of anilines is 1. The molecule has 0 spiro atoms. The Bertz CT molecular complexity index is 3700. The van der Waals surface area contributed by atoms with Gasteiger partial charge >= 0.3 is 47.0 Å². The number of nitrogens with one attached hydrogen (secondary N) is 1. The SMILES string of the molecule is CC(=O)CC(=O)C(F)(F)F.Cc1cc(C(F)(F)F)n2nc(-c3ccc([N+](=O)[O-])cc3C)cc2n1.Cc1cc([N+](=O)[O-])ccc1-c1cc(N)c[nH]1.Cc1cc([N+](=O)[O-])ccc1-c1cc2nc(C(=O)O)cc(C(F)(F)F)n2n1.O=[Se]=O. The summed E-state index contributed by atoms with van der Waals surface area (Å²) in [7, 11) is 0. The molecule has 4 N–H and O–H groups in total. The topological polar surface area (TPSA) is 337 Å². The number of halogens is 9. The van der Waals surface area contributed by atoms with Crippen LogP contribution in [0.15, 0.2) is 91.1 Å². The van der Waals surface area contributed by atoms with Gasteiger partial charge in [-0.05, 0) is 81.6 Å². The van der Waals surface area contributed by atoms with Crippen LogP contribution in [-0.2, 0) is 29.6 Å². The second-order valence-corrected chi connectivity index (χ2v) is 16.5. The van der Waals surface area contributed by atoms with Crippen LogP contribution in [0.1, 0.15) is 57.6 Å². The summed E-state index contributed by atoms with van der Waals surface area (Å²) in [5.74, 6) is -4.37. The van der Waals surface area contributed by atoms with Crippen molar-refractivity contribution in [2.45, 2.75) is 59.6 Å². The first-order chi connectivity index (χ1) is 36.6. The number of non-ortho nitro benzene ring substituents is 3. The Hall–Kier alpha value is -9.52. The molecule has 8 aromatic rings. The number of fused-ring (bicyclic) bond motifs is 2. The number of aromatic carboxylic acids is 1. The summed E-state index contributed by atoms with van der Waals surface area (Å²) in [6.45, 7) is 7.42. The van der Waals surface area contributed by atoms with Crippen molar-refractivity contribution in [3.8, 4) is 33.8 Å². The zero-order valence-electron chi connectivity index (χ0n) is 40.7. The second-order valence-electron chi connectivity index (χ2n) is 16.2. The van der Waals surface area contributed by atoms with Crippen LogP contribution in [0.5, 0.6) is 0 Å². The summed E-state index contributed by atoms with van der Waals surface area (Å²) in [6, 6.07) is 18.4. The number of H-pyrrole nitrogens is 1. The molecule has 0 amide bonds. The number of rotatable bonds is 9. The number of aryl methyl sites for hydroxylation is 4. The summed E-state index contributed by atoms with van der Waals surface area (Å²) in [6.07, 6.45) is -13.6. The van der Waals surface area contributed by atoms with Gasteiger partial charge in [-0.25, -0.2) is 23.8 Å². The first kappa shape index (κ1) is 62.0. The summed E-state index contributed by atoms with van der Waals surface area (Å²) >= 11 is -1.62. The average molecular weight is 1180 g/mol. The van der Waals surface area contributed by atoms with E-state index < -0.39 is 89.2 Å². The van der Waals surface area contributed by atoms with Crippen molar-refractivity contribution in [1.82, 2.24) is 34.2 Å². The Morgan fingerprint density at radius 2 is 1.03 bits per heavy atom. The number of ketones is 2. The maximum absolute atomic E-state index is 13.2. The minimum atomic E-state index is -4.87. The number of nitrogens with zero attached hydrogens (tertiary/aromatic N) is 9. The van der Waals surface area contributed by atoms with E-state index in [2.05, 4.69) is 25.1 Å². The molecule has 8 rings (SSSR count). The summed E-state index contributed by atoms with van der Waals surface area (Å²) < 4.78 is 131.